The fourth-order valence-electron chi connectivity index (χ4n) is 4.30. The Bertz CT molecular complexity index is 1140. The summed E-state index contributed by atoms with van der Waals surface area (Å²) in [5, 5.41) is 0. The van der Waals surface area contributed by atoms with Gasteiger partial charge in [-0.1, -0.05) is 43.5 Å². The molecule has 3 aromatic rings. The molecule has 3 aromatic carbocycles. The molecule has 1 aliphatic carbocycles. The van der Waals surface area contributed by atoms with E-state index in [0.29, 0.717) is 23.5 Å². The van der Waals surface area contributed by atoms with Crippen LogP contribution in [0.5, 0.6) is 11.5 Å². The van der Waals surface area contributed by atoms with Crippen molar-refractivity contribution in [3.63, 3.8) is 0 Å². The van der Waals surface area contributed by atoms with E-state index >= 15 is 0 Å². The summed E-state index contributed by atoms with van der Waals surface area (Å²) >= 11 is 0. The molecule has 0 N–H and O–H groups in total. The third-order valence-corrected chi connectivity index (χ3v) is 6.00. The number of ether oxygens (including phenoxy) is 2. The van der Waals surface area contributed by atoms with Gasteiger partial charge in [-0.2, -0.15) is 0 Å². The van der Waals surface area contributed by atoms with E-state index < -0.39 is 23.4 Å². The fraction of sp³-hybridized carbons (Fsp3) is 0.296. The number of hydrogen-bond donors (Lipinski definition) is 0. The van der Waals surface area contributed by atoms with E-state index in [1.54, 1.807) is 19.1 Å². The predicted octanol–water partition coefficient (Wildman–Crippen LogP) is 7.44. The molecule has 33 heavy (non-hydrogen) atoms. The Hall–Kier alpha value is -3.28. The standard InChI is InChI=1S/C27H25F3O3/c1-2-32-20-12-13-23(24(28)16-20)27(31)33-19-10-8-18(9-11-19)22-15-14-21(25(29)26(22)30)17-6-4-3-5-7-17/h8-17H,2-7H2,1H3. The van der Waals surface area contributed by atoms with Gasteiger partial charge in [0, 0.05) is 11.6 Å². The highest BCUT2D eigenvalue weighted by molar-refractivity contribution is 5.91. The largest absolute Gasteiger partial charge is 0.494 e. The lowest BCUT2D eigenvalue weighted by molar-refractivity contribution is 0.0730. The quantitative estimate of drug-likeness (QED) is 0.287. The average Bonchev–Trinajstić information content (AvgIpc) is 2.82. The molecular formula is C27H25F3O3. The van der Waals surface area contributed by atoms with Crippen LogP contribution >= 0.6 is 0 Å². The van der Waals surface area contributed by atoms with Crippen LogP contribution in [0.15, 0.2) is 54.6 Å². The maximum Gasteiger partial charge on any atom is 0.346 e. The second-order valence-electron chi connectivity index (χ2n) is 8.15. The highest BCUT2D eigenvalue weighted by atomic mass is 19.2. The summed E-state index contributed by atoms with van der Waals surface area (Å²) in [7, 11) is 0. The molecule has 0 unspecified atom stereocenters. The lowest BCUT2D eigenvalue weighted by Crippen LogP contribution is -2.11. The van der Waals surface area contributed by atoms with Crippen molar-refractivity contribution < 1.29 is 27.4 Å². The molecule has 0 spiro atoms. The van der Waals surface area contributed by atoms with Gasteiger partial charge in [0.1, 0.15) is 17.3 Å². The number of carbonyl (C=O) groups is 1. The van der Waals surface area contributed by atoms with Crippen LogP contribution in [0, 0.1) is 17.5 Å². The van der Waals surface area contributed by atoms with E-state index in [2.05, 4.69) is 0 Å². The van der Waals surface area contributed by atoms with Gasteiger partial charge in [-0.05, 0) is 61.1 Å². The molecule has 1 aliphatic rings. The van der Waals surface area contributed by atoms with Crippen molar-refractivity contribution in [2.24, 2.45) is 0 Å². The minimum atomic E-state index is -0.876. The summed E-state index contributed by atoms with van der Waals surface area (Å²) < 4.78 is 54.3. The Labute approximate surface area is 191 Å². The van der Waals surface area contributed by atoms with Crippen molar-refractivity contribution >= 4 is 5.97 Å². The molecule has 1 saturated carbocycles. The van der Waals surface area contributed by atoms with Gasteiger partial charge in [0.25, 0.3) is 0 Å². The summed E-state index contributed by atoms with van der Waals surface area (Å²) in [6, 6.07) is 13.2. The van der Waals surface area contributed by atoms with Crippen LogP contribution in [0.2, 0.25) is 0 Å². The number of carbonyl (C=O) groups excluding carboxylic acids is 1. The van der Waals surface area contributed by atoms with Gasteiger partial charge in [-0.25, -0.2) is 18.0 Å². The Morgan fingerprint density at radius 2 is 1.58 bits per heavy atom. The summed E-state index contributed by atoms with van der Waals surface area (Å²) in [5.74, 6) is -2.74. The van der Waals surface area contributed by atoms with Crippen LogP contribution in [-0.2, 0) is 0 Å². The predicted molar refractivity (Wildman–Crippen MR) is 120 cm³/mol. The topological polar surface area (TPSA) is 35.5 Å². The van der Waals surface area contributed by atoms with Gasteiger partial charge in [0.05, 0.1) is 12.2 Å². The first-order chi connectivity index (χ1) is 16.0. The molecule has 0 atom stereocenters. The Morgan fingerprint density at radius 3 is 2.24 bits per heavy atom. The lowest BCUT2D eigenvalue weighted by Gasteiger charge is -2.23. The number of hydrogen-bond acceptors (Lipinski definition) is 3. The number of benzene rings is 3. The SMILES string of the molecule is CCOc1ccc(C(=O)Oc2ccc(-c3ccc(C4CCCCC4)c(F)c3F)cc2)c(F)c1. The van der Waals surface area contributed by atoms with Crippen molar-refractivity contribution in [1.82, 2.24) is 0 Å². The summed E-state index contributed by atoms with van der Waals surface area (Å²) in [6.45, 7) is 2.15. The maximum absolute atomic E-state index is 14.9. The molecule has 0 aromatic heterocycles. The van der Waals surface area contributed by atoms with E-state index in [9.17, 15) is 18.0 Å². The molecule has 0 radical (unpaired) electrons. The fourth-order valence-corrected chi connectivity index (χ4v) is 4.30. The Balaban J connectivity index is 1.49. The lowest BCUT2D eigenvalue weighted by atomic mass is 9.83. The van der Waals surface area contributed by atoms with E-state index in [1.807, 2.05) is 0 Å². The molecule has 4 rings (SSSR count). The van der Waals surface area contributed by atoms with Crippen molar-refractivity contribution in [2.75, 3.05) is 6.61 Å². The zero-order valence-corrected chi connectivity index (χ0v) is 18.4. The van der Waals surface area contributed by atoms with Crippen LogP contribution in [0.4, 0.5) is 13.2 Å². The van der Waals surface area contributed by atoms with Crippen LogP contribution in [-0.4, -0.2) is 12.6 Å². The van der Waals surface area contributed by atoms with Gasteiger partial charge in [0.2, 0.25) is 0 Å². The summed E-state index contributed by atoms with van der Waals surface area (Å²) in [5.41, 5.74) is 0.809. The monoisotopic (exact) mass is 454 g/mol. The van der Waals surface area contributed by atoms with E-state index in [0.717, 1.165) is 38.2 Å². The molecule has 0 saturated heterocycles. The molecule has 0 heterocycles. The highest BCUT2D eigenvalue weighted by Crippen LogP contribution is 2.37. The number of rotatable bonds is 6. The molecule has 3 nitrogen and oxygen atoms in total. The van der Waals surface area contributed by atoms with Crippen molar-refractivity contribution in [1.29, 1.82) is 0 Å². The zero-order chi connectivity index (χ0) is 23.4. The second kappa shape index (κ2) is 10.1. The van der Waals surface area contributed by atoms with Gasteiger partial charge in [0.15, 0.2) is 11.6 Å². The zero-order valence-electron chi connectivity index (χ0n) is 18.4. The molecule has 172 valence electrons. The van der Waals surface area contributed by atoms with E-state index in [1.165, 1.54) is 36.4 Å². The minimum Gasteiger partial charge on any atom is -0.494 e. The van der Waals surface area contributed by atoms with Crippen LogP contribution in [0.25, 0.3) is 11.1 Å². The molecular weight excluding hydrogens is 429 g/mol. The third-order valence-electron chi connectivity index (χ3n) is 6.00. The van der Waals surface area contributed by atoms with Gasteiger partial charge in [-0.15, -0.1) is 0 Å². The second-order valence-corrected chi connectivity index (χ2v) is 8.15. The molecule has 0 amide bonds. The Kier molecular flexibility index (Phi) is 7.02. The minimum absolute atomic E-state index is 0.0621. The van der Waals surface area contributed by atoms with Gasteiger partial charge >= 0.3 is 5.97 Å². The molecule has 0 aliphatic heterocycles. The normalized spacial score (nSPS) is 14.2. The first kappa shape index (κ1) is 22.9. The first-order valence-corrected chi connectivity index (χ1v) is 11.2. The smallest absolute Gasteiger partial charge is 0.346 e. The van der Waals surface area contributed by atoms with Crippen molar-refractivity contribution in [3.8, 4) is 22.6 Å². The average molecular weight is 454 g/mol. The first-order valence-electron chi connectivity index (χ1n) is 11.2. The third kappa shape index (κ3) is 5.05. The van der Waals surface area contributed by atoms with Crippen LogP contribution in [0.1, 0.15) is 60.9 Å². The van der Waals surface area contributed by atoms with Gasteiger partial charge < -0.3 is 9.47 Å². The Morgan fingerprint density at radius 1 is 0.879 bits per heavy atom. The summed E-state index contributed by atoms with van der Waals surface area (Å²) in [4.78, 5) is 12.3. The highest BCUT2D eigenvalue weighted by Gasteiger charge is 2.23. The summed E-state index contributed by atoms with van der Waals surface area (Å²) in [6.07, 6.45) is 4.97. The van der Waals surface area contributed by atoms with Crippen molar-refractivity contribution in [3.05, 3.63) is 83.2 Å². The molecule has 6 heteroatoms. The van der Waals surface area contributed by atoms with E-state index in [-0.39, 0.29) is 22.8 Å². The van der Waals surface area contributed by atoms with Crippen molar-refractivity contribution in [2.45, 2.75) is 44.9 Å². The van der Waals surface area contributed by atoms with E-state index in [4.69, 9.17) is 9.47 Å². The molecule has 0 bridgehead atoms. The van der Waals surface area contributed by atoms with Crippen LogP contribution < -0.4 is 9.47 Å². The van der Waals surface area contributed by atoms with Crippen LogP contribution in [0.3, 0.4) is 0 Å². The van der Waals surface area contributed by atoms with Gasteiger partial charge in [-0.3, -0.25) is 0 Å². The molecule has 1 fully saturated rings. The number of halogens is 3. The maximum atomic E-state index is 14.9. The number of esters is 1.